The normalized spacial score (nSPS) is 15.5. The lowest BCUT2D eigenvalue weighted by Gasteiger charge is -2.24. The average molecular weight is 418 g/mol. The maximum atomic E-state index is 12.9. The minimum absolute atomic E-state index is 0.0243. The van der Waals surface area contributed by atoms with E-state index in [4.69, 9.17) is 4.74 Å². The highest BCUT2D eigenvalue weighted by Crippen LogP contribution is 2.27. The van der Waals surface area contributed by atoms with Crippen molar-refractivity contribution in [2.45, 2.75) is 4.90 Å². The molecule has 2 aromatic rings. The van der Waals surface area contributed by atoms with Crippen molar-refractivity contribution in [1.82, 2.24) is 4.31 Å². The molecule has 3 rings (SSSR count). The molecule has 0 saturated carbocycles. The van der Waals surface area contributed by atoms with Crippen molar-refractivity contribution in [3.63, 3.8) is 0 Å². The summed E-state index contributed by atoms with van der Waals surface area (Å²) in [6.07, 6.45) is 3.35. The molecule has 0 unspecified atom stereocenters. The molecule has 1 aliphatic heterocycles. The first kappa shape index (κ1) is 20.0. The Labute approximate surface area is 168 Å². The second kappa shape index (κ2) is 8.07. The molecule has 0 radical (unpaired) electrons. The van der Waals surface area contributed by atoms with Crippen LogP contribution in [0.5, 0.6) is 5.75 Å². The number of thioether (sulfide) groups is 1. The largest absolute Gasteiger partial charge is 0.497 e. The van der Waals surface area contributed by atoms with Gasteiger partial charge < -0.3 is 10.1 Å². The van der Waals surface area contributed by atoms with Crippen LogP contribution in [-0.4, -0.2) is 44.8 Å². The Kier molecular flexibility index (Phi) is 5.76. The van der Waals surface area contributed by atoms with Crippen LogP contribution in [0.4, 0.5) is 5.69 Å². The number of ether oxygens (including phenoxy) is 1. The molecule has 9 heteroatoms. The Balaban J connectivity index is 1.99. The Morgan fingerprint density at radius 1 is 1.18 bits per heavy atom. The molecule has 0 spiro atoms. The molecule has 0 aromatic heterocycles. The van der Waals surface area contributed by atoms with Crippen LogP contribution in [0, 0.1) is 0 Å². The summed E-state index contributed by atoms with van der Waals surface area (Å²) < 4.78 is 34.8. The predicted octanol–water partition coefficient (Wildman–Crippen LogP) is 2.92. The number of allylic oxidation sites excluding steroid dienone is 1. The number of methoxy groups -OCH3 is 1. The van der Waals surface area contributed by atoms with Gasteiger partial charge in [0.15, 0.2) is 0 Å². The maximum Gasteiger partial charge on any atom is 0.345 e. The lowest BCUT2D eigenvalue weighted by Crippen LogP contribution is -2.35. The Morgan fingerprint density at radius 3 is 2.64 bits per heavy atom. The lowest BCUT2D eigenvalue weighted by atomic mass is 10.1. The molecule has 0 aliphatic carbocycles. The quantitative estimate of drug-likeness (QED) is 0.756. The van der Waals surface area contributed by atoms with Gasteiger partial charge in [0.05, 0.1) is 18.5 Å². The van der Waals surface area contributed by atoms with Crippen LogP contribution in [-0.2, 0) is 15.0 Å². The molecule has 28 heavy (non-hydrogen) atoms. The predicted molar refractivity (Wildman–Crippen MR) is 111 cm³/mol. The second-order valence-electron chi connectivity index (χ2n) is 5.84. The molecule has 1 amide bonds. The van der Waals surface area contributed by atoms with Gasteiger partial charge in [0.25, 0.3) is 5.91 Å². The first-order chi connectivity index (χ1) is 13.4. The van der Waals surface area contributed by atoms with Crippen LogP contribution in [0.3, 0.4) is 0 Å². The van der Waals surface area contributed by atoms with Gasteiger partial charge in [0.1, 0.15) is 11.4 Å². The first-order valence-electron chi connectivity index (χ1n) is 8.25. The molecule has 1 heterocycles. The molecule has 0 saturated heterocycles. The second-order valence-corrected chi connectivity index (χ2v) is 8.31. The summed E-state index contributed by atoms with van der Waals surface area (Å²) in [4.78, 5) is 13.7. The van der Waals surface area contributed by atoms with Gasteiger partial charge in [0.2, 0.25) is 0 Å². The van der Waals surface area contributed by atoms with Crippen molar-refractivity contribution in [2.24, 2.45) is 4.40 Å². The summed E-state index contributed by atoms with van der Waals surface area (Å²) in [6.45, 7) is 0. The third-order valence-corrected chi connectivity index (χ3v) is 6.24. The van der Waals surface area contributed by atoms with Crippen molar-refractivity contribution in [3.8, 4) is 5.75 Å². The van der Waals surface area contributed by atoms with Crippen LogP contribution in [0.2, 0.25) is 0 Å². The van der Waals surface area contributed by atoms with Crippen molar-refractivity contribution in [1.29, 1.82) is 0 Å². The van der Waals surface area contributed by atoms with E-state index in [-0.39, 0.29) is 11.4 Å². The molecule has 0 atom stereocenters. The fourth-order valence-electron chi connectivity index (χ4n) is 2.62. The number of nitrogens with one attached hydrogen (secondary N) is 1. The van der Waals surface area contributed by atoms with Crippen LogP contribution in [0.1, 0.15) is 5.56 Å². The van der Waals surface area contributed by atoms with Gasteiger partial charge >= 0.3 is 10.2 Å². The van der Waals surface area contributed by atoms with Crippen LogP contribution >= 0.6 is 11.8 Å². The monoisotopic (exact) mass is 417 g/mol. The average Bonchev–Trinajstić information content (AvgIpc) is 2.70. The van der Waals surface area contributed by atoms with Crippen molar-refractivity contribution >= 4 is 39.3 Å². The lowest BCUT2D eigenvalue weighted by molar-refractivity contribution is -0.113. The van der Waals surface area contributed by atoms with Crippen molar-refractivity contribution in [2.75, 3.05) is 25.7 Å². The molecule has 2 aromatic carbocycles. The zero-order valence-corrected chi connectivity index (χ0v) is 17.2. The van der Waals surface area contributed by atoms with E-state index in [9.17, 15) is 13.2 Å². The van der Waals surface area contributed by atoms with E-state index in [1.165, 1.54) is 32.0 Å². The van der Waals surface area contributed by atoms with E-state index in [1.807, 2.05) is 18.4 Å². The number of carbonyl (C=O) groups excluding carboxylic acids is 1. The zero-order chi connectivity index (χ0) is 20.3. The standard InChI is InChI=1S/C19H19N3O4S2/c1-22-17(19(23)20-15-9-4-5-10-18(15)27-3)12-16(21-28(22,24)25)13-7-6-8-14(11-13)26-2/h4-12H,1-3H3,(H,20,23). The molecule has 1 N–H and O–H groups in total. The van der Waals surface area contributed by atoms with Gasteiger partial charge in [-0.15, -0.1) is 16.2 Å². The van der Waals surface area contributed by atoms with E-state index < -0.39 is 16.1 Å². The molecule has 0 bridgehead atoms. The van der Waals surface area contributed by atoms with Gasteiger partial charge in [-0.2, -0.15) is 8.42 Å². The molecule has 1 aliphatic rings. The number of amides is 1. The van der Waals surface area contributed by atoms with E-state index in [0.29, 0.717) is 17.0 Å². The van der Waals surface area contributed by atoms with E-state index in [1.54, 1.807) is 36.4 Å². The highest BCUT2D eigenvalue weighted by atomic mass is 32.2. The van der Waals surface area contributed by atoms with E-state index in [2.05, 4.69) is 9.71 Å². The number of para-hydroxylation sites is 1. The molecule has 0 fully saturated rings. The summed E-state index contributed by atoms with van der Waals surface area (Å²) in [5.41, 5.74) is 1.28. The Bertz CT molecular complexity index is 1080. The summed E-state index contributed by atoms with van der Waals surface area (Å²) >= 11 is 1.48. The zero-order valence-electron chi connectivity index (χ0n) is 15.5. The third kappa shape index (κ3) is 4.05. The molecule has 146 valence electrons. The number of anilines is 1. The van der Waals surface area contributed by atoms with Crippen LogP contribution in [0.15, 0.2) is 69.6 Å². The Morgan fingerprint density at radius 2 is 1.93 bits per heavy atom. The van der Waals surface area contributed by atoms with Gasteiger partial charge in [0, 0.05) is 17.5 Å². The summed E-state index contributed by atoms with van der Waals surface area (Å²) in [6, 6.07) is 14.1. The highest BCUT2D eigenvalue weighted by molar-refractivity contribution is 7.98. The first-order valence-corrected chi connectivity index (χ1v) is 10.9. The molecular formula is C19H19N3O4S2. The highest BCUT2D eigenvalue weighted by Gasteiger charge is 2.30. The number of likely N-dealkylation sites (N-methyl/N-ethyl adjacent to an activating group) is 1. The van der Waals surface area contributed by atoms with E-state index >= 15 is 0 Å². The van der Waals surface area contributed by atoms with Crippen LogP contribution < -0.4 is 10.1 Å². The van der Waals surface area contributed by atoms with Gasteiger partial charge in [-0.1, -0.05) is 24.3 Å². The maximum absolute atomic E-state index is 12.9. The minimum atomic E-state index is -4.03. The fourth-order valence-corrected chi connectivity index (χ4v) is 4.08. The fraction of sp³-hybridized carbons (Fsp3) is 0.158. The van der Waals surface area contributed by atoms with Crippen molar-refractivity contribution < 1.29 is 17.9 Å². The van der Waals surface area contributed by atoms with Gasteiger partial charge in [-0.05, 0) is 36.6 Å². The van der Waals surface area contributed by atoms with Crippen molar-refractivity contribution in [3.05, 3.63) is 65.9 Å². The van der Waals surface area contributed by atoms with Gasteiger partial charge in [-0.3, -0.25) is 4.79 Å². The number of carbonyl (C=O) groups is 1. The van der Waals surface area contributed by atoms with Gasteiger partial charge in [-0.25, -0.2) is 4.31 Å². The summed E-state index contributed by atoms with van der Waals surface area (Å²) in [7, 11) is -1.22. The van der Waals surface area contributed by atoms with Crippen LogP contribution in [0.25, 0.3) is 0 Å². The third-order valence-electron chi connectivity index (χ3n) is 4.13. The number of benzene rings is 2. The molecular weight excluding hydrogens is 398 g/mol. The minimum Gasteiger partial charge on any atom is -0.497 e. The SMILES string of the molecule is COc1cccc(C2=NS(=O)(=O)N(C)C(C(=O)Nc3ccccc3SC)=C2)c1. The number of hydrogen-bond donors (Lipinski definition) is 1. The Hall–Kier alpha value is -2.78. The number of hydrogen-bond acceptors (Lipinski definition) is 5. The summed E-state index contributed by atoms with van der Waals surface area (Å²) in [5, 5.41) is 2.78. The topological polar surface area (TPSA) is 88.1 Å². The number of nitrogens with zero attached hydrogens (tertiary/aromatic N) is 2. The smallest absolute Gasteiger partial charge is 0.345 e. The van der Waals surface area contributed by atoms with E-state index in [0.717, 1.165) is 9.20 Å². The molecule has 7 nitrogen and oxygen atoms in total. The number of rotatable bonds is 5. The summed E-state index contributed by atoms with van der Waals surface area (Å²) in [5.74, 6) is 0.0210.